The first kappa shape index (κ1) is 12.9. The van der Waals surface area contributed by atoms with Gasteiger partial charge < -0.3 is 10.2 Å². The zero-order valence-electron chi connectivity index (χ0n) is 12.1. The maximum Gasteiger partial charge on any atom is 0.0600 e. The Kier molecular flexibility index (Phi) is 3.74. The van der Waals surface area contributed by atoms with Gasteiger partial charge in [-0.3, -0.25) is 4.98 Å². The molecule has 1 saturated heterocycles. The van der Waals surface area contributed by atoms with Gasteiger partial charge in [0.2, 0.25) is 0 Å². The zero-order chi connectivity index (χ0) is 13.2. The maximum absolute atomic E-state index is 4.35. The fraction of sp³-hybridized carbons (Fsp3) is 0.688. The number of pyridine rings is 1. The fourth-order valence-electron chi connectivity index (χ4n) is 2.99. The van der Waals surface area contributed by atoms with Crippen molar-refractivity contribution >= 4 is 5.69 Å². The lowest BCUT2D eigenvalue weighted by atomic mass is 9.94. The van der Waals surface area contributed by atoms with E-state index in [0.29, 0.717) is 6.04 Å². The lowest BCUT2D eigenvalue weighted by Gasteiger charge is -2.39. The summed E-state index contributed by atoms with van der Waals surface area (Å²) in [4.78, 5) is 6.91. The van der Waals surface area contributed by atoms with Gasteiger partial charge in [0.05, 0.1) is 11.9 Å². The van der Waals surface area contributed by atoms with Gasteiger partial charge in [0, 0.05) is 31.4 Å². The number of hydrogen-bond acceptors (Lipinski definition) is 3. The highest BCUT2D eigenvalue weighted by Crippen LogP contribution is 2.30. The summed E-state index contributed by atoms with van der Waals surface area (Å²) < 4.78 is 0. The van der Waals surface area contributed by atoms with Crippen LogP contribution in [0.3, 0.4) is 0 Å². The summed E-state index contributed by atoms with van der Waals surface area (Å²) in [5, 5.41) is 3.62. The molecular formula is C16H25N3. The van der Waals surface area contributed by atoms with E-state index < -0.39 is 0 Å². The van der Waals surface area contributed by atoms with Gasteiger partial charge in [-0.15, -0.1) is 0 Å². The molecule has 1 aromatic rings. The molecule has 2 fully saturated rings. The van der Waals surface area contributed by atoms with Crippen LogP contribution in [-0.4, -0.2) is 23.6 Å². The van der Waals surface area contributed by atoms with Gasteiger partial charge in [-0.25, -0.2) is 0 Å². The van der Waals surface area contributed by atoms with Gasteiger partial charge in [0.25, 0.3) is 0 Å². The van der Waals surface area contributed by atoms with E-state index >= 15 is 0 Å². The van der Waals surface area contributed by atoms with E-state index in [0.717, 1.165) is 18.5 Å². The molecule has 2 unspecified atom stereocenters. The number of aromatic nitrogens is 1. The van der Waals surface area contributed by atoms with Crippen molar-refractivity contribution in [3.05, 3.63) is 24.0 Å². The molecule has 0 spiro atoms. The van der Waals surface area contributed by atoms with Crippen molar-refractivity contribution in [3.8, 4) is 0 Å². The summed E-state index contributed by atoms with van der Waals surface area (Å²) in [6.07, 6.45) is 9.32. The van der Waals surface area contributed by atoms with Crippen LogP contribution in [0, 0.1) is 5.92 Å². The van der Waals surface area contributed by atoms with Crippen LogP contribution in [0.5, 0.6) is 0 Å². The fourth-order valence-corrected chi connectivity index (χ4v) is 2.99. The molecule has 2 aliphatic rings. The van der Waals surface area contributed by atoms with Crippen LogP contribution in [0.1, 0.15) is 45.1 Å². The summed E-state index contributed by atoms with van der Waals surface area (Å²) in [5.74, 6) is 0.792. The number of anilines is 1. The lowest BCUT2D eigenvalue weighted by molar-refractivity contribution is 0.389. The highest BCUT2D eigenvalue weighted by molar-refractivity contribution is 5.53. The molecule has 19 heavy (non-hydrogen) atoms. The van der Waals surface area contributed by atoms with Crippen molar-refractivity contribution in [1.29, 1.82) is 0 Å². The second kappa shape index (κ2) is 5.49. The topological polar surface area (TPSA) is 28.2 Å². The Hall–Kier alpha value is -1.09. The van der Waals surface area contributed by atoms with Crippen LogP contribution in [0.25, 0.3) is 0 Å². The predicted octanol–water partition coefficient (Wildman–Crippen LogP) is 2.96. The number of piperidine rings is 1. The summed E-state index contributed by atoms with van der Waals surface area (Å²) in [6, 6.07) is 3.58. The molecule has 3 nitrogen and oxygen atoms in total. The third-order valence-corrected chi connectivity index (χ3v) is 4.47. The minimum atomic E-state index is 0.639. The van der Waals surface area contributed by atoms with Gasteiger partial charge in [0.15, 0.2) is 0 Å². The van der Waals surface area contributed by atoms with Crippen molar-refractivity contribution in [2.45, 2.75) is 58.2 Å². The van der Waals surface area contributed by atoms with Crippen molar-refractivity contribution in [3.63, 3.8) is 0 Å². The number of nitrogens with zero attached hydrogens (tertiary/aromatic N) is 2. The molecule has 0 aromatic carbocycles. The van der Waals surface area contributed by atoms with Crippen LogP contribution in [0.15, 0.2) is 18.5 Å². The zero-order valence-corrected chi connectivity index (χ0v) is 12.1. The normalized spacial score (nSPS) is 27.6. The monoisotopic (exact) mass is 259 g/mol. The Labute approximate surface area is 116 Å². The summed E-state index contributed by atoms with van der Waals surface area (Å²) in [7, 11) is 0. The van der Waals surface area contributed by atoms with E-state index in [1.807, 2.05) is 6.20 Å². The van der Waals surface area contributed by atoms with Crippen LogP contribution < -0.4 is 10.2 Å². The molecule has 0 amide bonds. The van der Waals surface area contributed by atoms with Gasteiger partial charge >= 0.3 is 0 Å². The smallest absolute Gasteiger partial charge is 0.0600 e. The van der Waals surface area contributed by atoms with E-state index in [1.165, 1.54) is 43.5 Å². The Morgan fingerprint density at radius 1 is 1.26 bits per heavy atom. The second-order valence-corrected chi connectivity index (χ2v) is 6.34. The molecule has 2 heterocycles. The van der Waals surface area contributed by atoms with Crippen LogP contribution >= 0.6 is 0 Å². The highest BCUT2D eigenvalue weighted by Gasteiger charge is 2.25. The molecule has 1 saturated carbocycles. The number of nitrogens with one attached hydrogen (secondary N) is 1. The van der Waals surface area contributed by atoms with E-state index in [2.05, 4.69) is 41.3 Å². The molecule has 3 rings (SSSR count). The average molecular weight is 259 g/mol. The molecule has 0 bridgehead atoms. The number of hydrogen-bond donors (Lipinski definition) is 1. The highest BCUT2D eigenvalue weighted by atomic mass is 15.2. The van der Waals surface area contributed by atoms with E-state index in [4.69, 9.17) is 0 Å². The molecule has 0 radical (unpaired) electrons. The van der Waals surface area contributed by atoms with Gasteiger partial charge in [0.1, 0.15) is 0 Å². The summed E-state index contributed by atoms with van der Waals surface area (Å²) in [5.41, 5.74) is 2.75. The van der Waals surface area contributed by atoms with Crippen molar-refractivity contribution in [1.82, 2.24) is 10.3 Å². The largest absolute Gasteiger partial charge is 0.367 e. The van der Waals surface area contributed by atoms with E-state index in [9.17, 15) is 0 Å². The van der Waals surface area contributed by atoms with Crippen LogP contribution in [-0.2, 0) is 6.54 Å². The maximum atomic E-state index is 4.35. The SMILES string of the molecule is CC1CCC(C)N(c2cnccc2CNC2CC2)C1. The first-order valence-electron chi connectivity index (χ1n) is 7.67. The van der Waals surface area contributed by atoms with E-state index in [1.54, 1.807) is 0 Å². The van der Waals surface area contributed by atoms with Crippen LogP contribution in [0.4, 0.5) is 5.69 Å². The Morgan fingerprint density at radius 2 is 2.11 bits per heavy atom. The van der Waals surface area contributed by atoms with Gasteiger partial charge in [-0.2, -0.15) is 0 Å². The Balaban J connectivity index is 1.77. The van der Waals surface area contributed by atoms with Crippen molar-refractivity contribution < 1.29 is 0 Å². The summed E-state index contributed by atoms with van der Waals surface area (Å²) >= 11 is 0. The standard InChI is InChI=1S/C16H25N3/c1-12-3-4-13(2)19(11-12)16-10-17-8-7-14(16)9-18-15-5-6-15/h7-8,10,12-13,15,18H,3-6,9,11H2,1-2H3. The van der Waals surface area contributed by atoms with E-state index in [-0.39, 0.29) is 0 Å². The second-order valence-electron chi connectivity index (χ2n) is 6.34. The van der Waals surface area contributed by atoms with Gasteiger partial charge in [-0.05, 0) is 50.2 Å². The molecule has 104 valence electrons. The lowest BCUT2D eigenvalue weighted by Crippen LogP contribution is -2.41. The minimum absolute atomic E-state index is 0.639. The van der Waals surface area contributed by atoms with Crippen LogP contribution in [0.2, 0.25) is 0 Å². The molecule has 3 heteroatoms. The first-order chi connectivity index (χ1) is 9.24. The van der Waals surface area contributed by atoms with Crippen molar-refractivity contribution in [2.24, 2.45) is 5.92 Å². The Morgan fingerprint density at radius 3 is 2.89 bits per heavy atom. The quantitative estimate of drug-likeness (QED) is 0.901. The summed E-state index contributed by atoms with van der Waals surface area (Å²) in [6.45, 7) is 6.86. The first-order valence-corrected chi connectivity index (χ1v) is 7.67. The molecule has 1 N–H and O–H groups in total. The third kappa shape index (κ3) is 3.08. The Bertz CT molecular complexity index is 428. The predicted molar refractivity (Wildman–Crippen MR) is 79.3 cm³/mol. The number of rotatable bonds is 4. The minimum Gasteiger partial charge on any atom is -0.367 e. The molecule has 2 atom stereocenters. The molecule has 1 aliphatic carbocycles. The van der Waals surface area contributed by atoms with Gasteiger partial charge in [-0.1, -0.05) is 6.92 Å². The molecular weight excluding hydrogens is 234 g/mol. The van der Waals surface area contributed by atoms with Crippen molar-refractivity contribution in [2.75, 3.05) is 11.4 Å². The average Bonchev–Trinajstić information content (AvgIpc) is 3.24. The molecule has 1 aliphatic heterocycles. The molecule has 1 aromatic heterocycles. The third-order valence-electron chi connectivity index (χ3n) is 4.47.